The Bertz CT molecular complexity index is 1940. The van der Waals surface area contributed by atoms with Gasteiger partial charge in [-0.3, -0.25) is 19.8 Å². The first-order chi connectivity index (χ1) is 22.4. The second-order valence-electron chi connectivity index (χ2n) is 11.8. The summed E-state index contributed by atoms with van der Waals surface area (Å²) in [6, 6.07) is 17.4. The molecule has 13 nitrogen and oxygen atoms in total. The van der Waals surface area contributed by atoms with Crippen LogP contribution in [0.4, 0.5) is 21.0 Å². The Hall–Kier alpha value is -5.72. The number of imidazole rings is 1. The predicted octanol–water partition coefficient (Wildman–Crippen LogP) is 5.47. The highest BCUT2D eigenvalue weighted by Crippen LogP contribution is 2.30. The molecule has 3 N–H and O–H groups in total. The number of nitro groups is 1. The molecular weight excluding hydrogens is 586 g/mol. The van der Waals surface area contributed by atoms with E-state index in [9.17, 15) is 19.7 Å². The number of amides is 4. The van der Waals surface area contributed by atoms with Crippen molar-refractivity contribution in [2.45, 2.75) is 44.8 Å². The van der Waals surface area contributed by atoms with Crippen LogP contribution in [0.2, 0.25) is 0 Å². The van der Waals surface area contributed by atoms with Gasteiger partial charge in [0.05, 0.1) is 22.7 Å². The highest BCUT2D eigenvalue weighted by molar-refractivity contribution is 5.92. The van der Waals surface area contributed by atoms with Crippen LogP contribution in [0, 0.1) is 17.0 Å². The summed E-state index contributed by atoms with van der Waals surface area (Å²) >= 11 is 0. The molecule has 1 unspecified atom stereocenters. The first kappa shape index (κ1) is 29.0. The van der Waals surface area contributed by atoms with Gasteiger partial charge in [0.15, 0.2) is 0 Å². The van der Waals surface area contributed by atoms with Gasteiger partial charge in [-0.2, -0.15) is 5.10 Å². The van der Waals surface area contributed by atoms with Crippen LogP contribution in [0.15, 0.2) is 79.3 Å². The van der Waals surface area contributed by atoms with Crippen molar-refractivity contribution in [3.8, 4) is 5.69 Å². The quantitative estimate of drug-likeness (QED) is 0.162. The lowest BCUT2D eigenvalue weighted by atomic mass is 10.00. The van der Waals surface area contributed by atoms with Crippen molar-refractivity contribution in [3.63, 3.8) is 0 Å². The topological polar surface area (TPSA) is 154 Å². The molecule has 0 saturated carbocycles. The van der Waals surface area contributed by atoms with Crippen LogP contribution in [0.5, 0.6) is 0 Å². The SMILES string of the molecule is Cc1cc(CC(NC(=O)N2CCC(N3Cc4ccccc4NC3=O)CC2)c2nccn2-c2ccccc2[N+](=O)[O-])cc2cn[nH]c12. The zero-order valence-corrected chi connectivity index (χ0v) is 25.2. The third-order valence-electron chi connectivity index (χ3n) is 8.92. The molecule has 1 atom stereocenters. The summed E-state index contributed by atoms with van der Waals surface area (Å²) in [7, 11) is 0. The molecule has 0 spiro atoms. The minimum atomic E-state index is -0.604. The van der Waals surface area contributed by atoms with E-state index in [0.29, 0.717) is 50.4 Å². The van der Waals surface area contributed by atoms with E-state index in [0.717, 1.165) is 33.3 Å². The van der Waals surface area contributed by atoms with E-state index in [4.69, 9.17) is 0 Å². The zero-order chi connectivity index (χ0) is 31.8. The number of urea groups is 2. The Morgan fingerprint density at radius 3 is 2.74 bits per heavy atom. The molecule has 2 aromatic heterocycles. The van der Waals surface area contributed by atoms with E-state index in [1.165, 1.54) is 6.07 Å². The number of carbonyl (C=O) groups is 2. The number of aryl methyl sites for hydroxylation is 1. The highest BCUT2D eigenvalue weighted by Gasteiger charge is 2.34. The molecular formula is C33H33N9O4. The Morgan fingerprint density at radius 1 is 1.13 bits per heavy atom. The Morgan fingerprint density at radius 2 is 1.91 bits per heavy atom. The van der Waals surface area contributed by atoms with E-state index in [-0.39, 0.29) is 23.8 Å². The van der Waals surface area contributed by atoms with Crippen molar-refractivity contribution in [3.05, 3.63) is 112 Å². The highest BCUT2D eigenvalue weighted by atomic mass is 16.6. The molecule has 5 aromatic rings. The number of fused-ring (bicyclic) bond motifs is 2. The molecule has 0 radical (unpaired) electrons. The van der Waals surface area contributed by atoms with Crippen molar-refractivity contribution < 1.29 is 14.5 Å². The van der Waals surface area contributed by atoms with Crippen LogP contribution in [0.1, 0.15) is 41.4 Å². The maximum atomic E-state index is 13.8. The first-order valence-electron chi connectivity index (χ1n) is 15.3. The van der Waals surface area contributed by atoms with E-state index in [1.807, 2.05) is 48.2 Å². The second kappa shape index (κ2) is 12.0. The molecule has 1 saturated heterocycles. The average Bonchev–Trinajstić information content (AvgIpc) is 3.75. The number of benzene rings is 3. The fraction of sp³-hybridized carbons (Fsp3) is 0.273. The smallest absolute Gasteiger partial charge is 0.322 e. The van der Waals surface area contributed by atoms with E-state index in [2.05, 4.69) is 25.8 Å². The van der Waals surface area contributed by atoms with Crippen LogP contribution < -0.4 is 10.6 Å². The molecule has 0 aliphatic carbocycles. The van der Waals surface area contributed by atoms with Gasteiger partial charge < -0.3 is 20.4 Å². The van der Waals surface area contributed by atoms with Gasteiger partial charge in [-0.05, 0) is 61.1 Å². The van der Waals surface area contributed by atoms with Gasteiger partial charge in [-0.25, -0.2) is 14.6 Å². The van der Waals surface area contributed by atoms with Crippen LogP contribution in [0.25, 0.3) is 16.6 Å². The number of aromatic nitrogens is 4. The third-order valence-corrected chi connectivity index (χ3v) is 8.92. The number of para-hydroxylation sites is 3. The normalized spacial score (nSPS) is 15.8. The number of nitrogens with one attached hydrogen (secondary N) is 3. The number of nitrogens with zero attached hydrogens (tertiary/aromatic N) is 6. The number of likely N-dealkylation sites (tertiary alicyclic amines) is 1. The van der Waals surface area contributed by atoms with Gasteiger partial charge >= 0.3 is 12.1 Å². The van der Waals surface area contributed by atoms with Crippen molar-refractivity contribution in [1.29, 1.82) is 0 Å². The molecule has 1 fully saturated rings. The molecule has 7 rings (SSSR count). The largest absolute Gasteiger partial charge is 0.328 e. The van der Waals surface area contributed by atoms with Crippen LogP contribution in [-0.4, -0.2) is 65.7 Å². The maximum absolute atomic E-state index is 13.8. The van der Waals surface area contributed by atoms with Gasteiger partial charge in [-0.15, -0.1) is 0 Å². The number of H-pyrrole nitrogens is 1. The molecule has 3 aromatic carbocycles. The lowest BCUT2D eigenvalue weighted by Crippen LogP contribution is -2.53. The van der Waals surface area contributed by atoms with Gasteiger partial charge in [0.25, 0.3) is 5.69 Å². The van der Waals surface area contributed by atoms with E-state index in [1.54, 1.807) is 46.3 Å². The molecule has 2 aliphatic rings. The summed E-state index contributed by atoms with van der Waals surface area (Å²) in [5.41, 5.74) is 5.14. The summed E-state index contributed by atoms with van der Waals surface area (Å²) in [4.78, 5) is 46.4. The van der Waals surface area contributed by atoms with Crippen LogP contribution in [0.3, 0.4) is 0 Å². The van der Waals surface area contributed by atoms with Crippen LogP contribution in [-0.2, 0) is 13.0 Å². The van der Waals surface area contributed by atoms with Crippen LogP contribution >= 0.6 is 0 Å². The zero-order valence-electron chi connectivity index (χ0n) is 25.2. The summed E-state index contributed by atoms with van der Waals surface area (Å²) in [5.74, 6) is 0.478. The average molecular weight is 620 g/mol. The molecule has 234 valence electrons. The molecule has 46 heavy (non-hydrogen) atoms. The Kier molecular flexibility index (Phi) is 7.56. The number of piperidine rings is 1. The number of rotatable bonds is 7. The number of carbonyl (C=O) groups excluding carboxylic acids is 2. The number of anilines is 1. The number of hydrogen-bond acceptors (Lipinski definition) is 6. The minimum Gasteiger partial charge on any atom is -0.328 e. The number of nitro benzene ring substituents is 1. The molecule has 0 bridgehead atoms. The first-order valence-corrected chi connectivity index (χ1v) is 15.3. The van der Waals surface area contributed by atoms with Gasteiger partial charge in [0.2, 0.25) is 0 Å². The van der Waals surface area contributed by atoms with Gasteiger partial charge in [0, 0.05) is 55.2 Å². The summed E-state index contributed by atoms with van der Waals surface area (Å²) in [6.45, 7) is 3.49. The fourth-order valence-corrected chi connectivity index (χ4v) is 6.61. The van der Waals surface area contributed by atoms with Crippen molar-refractivity contribution >= 4 is 34.3 Å². The lowest BCUT2D eigenvalue weighted by Gasteiger charge is -2.40. The monoisotopic (exact) mass is 619 g/mol. The summed E-state index contributed by atoms with van der Waals surface area (Å²) in [5, 5.41) is 26.2. The van der Waals surface area contributed by atoms with Gasteiger partial charge in [0.1, 0.15) is 11.5 Å². The molecule has 4 heterocycles. The van der Waals surface area contributed by atoms with Crippen molar-refractivity contribution in [1.82, 2.24) is 34.9 Å². The lowest BCUT2D eigenvalue weighted by molar-refractivity contribution is -0.384. The van der Waals surface area contributed by atoms with E-state index >= 15 is 0 Å². The predicted molar refractivity (Wildman–Crippen MR) is 172 cm³/mol. The standard InChI is InChI=1S/C33H33N9O4/c1-21-16-22(17-24-19-35-38-30(21)24)18-27(31-34-12-15-40(31)28-8-4-5-9-29(28)42(45)46)37-32(43)39-13-10-25(11-14-39)41-20-23-6-2-3-7-26(23)36-33(41)44/h2-9,12,15-17,19,25,27H,10-11,13-14,18,20H2,1H3,(H,35,38)(H,36,44)(H,37,43). The number of aromatic amines is 1. The molecule has 2 aliphatic heterocycles. The Labute approximate surface area is 264 Å². The van der Waals surface area contributed by atoms with Crippen molar-refractivity contribution in [2.24, 2.45) is 0 Å². The Balaban J connectivity index is 1.12. The summed E-state index contributed by atoms with van der Waals surface area (Å²) < 4.78 is 1.67. The minimum absolute atomic E-state index is 0.00962. The van der Waals surface area contributed by atoms with Gasteiger partial charge in [-0.1, -0.05) is 36.4 Å². The van der Waals surface area contributed by atoms with Crippen molar-refractivity contribution in [2.75, 3.05) is 18.4 Å². The van der Waals surface area contributed by atoms with E-state index < -0.39 is 11.0 Å². The molecule has 13 heteroatoms. The number of hydrogen-bond donors (Lipinski definition) is 3. The molecule has 4 amide bonds. The third kappa shape index (κ3) is 5.51. The second-order valence-corrected chi connectivity index (χ2v) is 11.8. The maximum Gasteiger partial charge on any atom is 0.322 e. The fourth-order valence-electron chi connectivity index (χ4n) is 6.61. The summed E-state index contributed by atoms with van der Waals surface area (Å²) in [6.07, 6.45) is 6.72.